The zero-order valence-electron chi connectivity index (χ0n) is 21.3. The van der Waals surface area contributed by atoms with Crippen LogP contribution in [-0.2, 0) is 34.1 Å². The second kappa shape index (κ2) is 13.2. The van der Waals surface area contributed by atoms with Crippen molar-refractivity contribution in [2.24, 2.45) is 0 Å². The third-order valence-electron chi connectivity index (χ3n) is 7.28. The Morgan fingerprint density at radius 2 is 0.594 bits per heavy atom. The van der Waals surface area contributed by atoms with Gasteiger partial charge < -0.3 is 0 Å². The van der Waals surface area contributed by atoms with Gasteiger partial charge in [0.05, 0.1) is 0 Å². The summed E-state index contributed by atoms with van der Waals surface area (Å²) in [5, 5.41) is 2.62. The van der Waals surface area contributed by atoms with Crippen LogP contribution in [0.2, 0.25) is 0 Å². The molecule has 0 heterocycles. The monoisotopic (exact) mass is 510 g/mol. The van der Waals surface area contributed by atoms with Crippen molar-refractivity contribution in [2.75, 3.05) is 0 Å². The van der Waals surface area contributed by atoms with Gasteiger partial charge in [-0.3, -0.25) is 0 Å². The molecule has 0 unspecified atom stereocenters. The van der Waals surface area contributed by atoms with E-state index < -0.39 is 0 Å². The van der Waals surface area contributed by atoms with Gasteiger partial charge in [0.25, 0.3) is 0 Å². The van der Waals surface area contributed by atoms with Crippen LogP contribution in [0.5, 0.6) is 0 Å². The molecule has 0 aliphatic heterocycles. The molecule has 0 saturated carbocycles. The predicted molar refractivity (Wildman–Crippen MR) is 135 cm³/mol. The number of benzene rings is 2. The summed E-state index contributed by atoms with van der Waals surface area (Å²) in [5.41, 5.74) is 14.7. The molecule has 2 heteroatoms. The maximum absolute atomic E-state index is 2.20. The Balaban J connectivity index is 0.000000437. The van der Waals surface area contributed by atoms with Crippen molar-refractivity contribution in [3.8, 4) is 0 Å². The minimum Gasteiger partial charge on any atom is -0.196 e. The van der Waals surface area contributed by atoms with Crippen molar-refractivity contribution in [2.45, 2.75) is 69.2 Å². The molecule has 0 fully saturated rings. The number of rotatable bonds is 0. The number of hydrogen-bond acceptors (Lipinski definition) is 0. The minimum atomic E-state index is 0. The smallest absolute Gasteiger partial charge is 0 e. The van der Waals surface area contributed by atoms with Crippen LogP contribution in [0.3, 0.4) is 0 Å². The second-order valence-corrected chi connectivity index (χ2v) is 8.60. The molecule has 176 valence electrons. The molecule has 0 aromatic heterocycles. The first-order valence-corrected chi connectivity index (χ1v) is 10.9. The standard InChI is InChI=1S/C10H8.2C10H15.2Fe/c1-2-6-10-8-4-3-7-9(10)5-1;2*1-6-7(2)9(4)10(5)8(6)3;;/h1-8H;2*1-5H3;;/q;2*-1;;. The van der Waals surface area contributed by atoms with Crippen molar-refractivity contribution in [1.29, 1.82) is 0 Å². The van der Waals surface area contributed by atoms with E-state index in [9.17, 15) is 0 Å². The fourth-order valence-electron chi connectivity index (χ4n) is 3.95. The molecule has 0 aliphatic rings. The molecule has 4 aromatic carbocycles. The van der Waals surface area contributed by atoms with E-state index in [2.05, 4.69) is 118 Å². The summed E-state index contributed by atoms with van der Waals surface area (Å²) < 4.78 is 0. The first-order chi connectivity index (χ1) is 14.1. The molecule has 32 heavy (non-hydrogen) atoms. The molecule has 0 bridgehead atoms. The summed E-state index contributed by atoms with van der Waals surface area (Å²) in [7, 11) is 0. The van der Waals surface area contributed by atoms with E-state index in [1.165, 1.54) is 66.4 Å². The molecule has 0 atom stereocenters. The zero-order chi connectivity index (χ0) is 22.6. The van der Waals surface area contributed by atoms with Crippen molar-refractivity contribution in [1.82, 2.24) is 0 Å². The molecule has 4 rings (SSSR count). The third kappa shape index (κ3) is 6.72. The number of hydrogen-bond donors (Lipinski definition) is 0. The Hall–Kier alpha value is -1.56. The molecular formula is C30H38Fe2-2. The van der Waals surface area contributed by atoms with Gasteiger partial charge >= 0.3 is 0 Å². The Labute approximate surface area is 217 Å². The first-order valence-electron chi connectivity index (χ1n) is 10.9. The predicted octanol–water partition coefficient (Wildman–Crippen LogP) is 8.73. The topological polar surface area (TPSA) is 0 Å². The van der Waals surface area contributed by atoms with Crippen LogP contribution in [0.25, 0.3) is 10.8 Å². The van der Waals surface area contributed by atoms with Crippen molar-refractivity contribution in [3.63, 3.8) is 0 Å². The van der Waals surface area contributed by atoms with Crippen LogP contribution in [0.15, 0.2) is 48.5 Å². The average Bonchev–Trinajstić information content (AvgIpc) is 3.04. The maximum Gasteiger partial charge on any atom is 0 e. The van der Waals surface area contributed by atoms with Crippen molar-refractivity contribution in [3.05, 3.63) is 104 Å². The van der Waals surface area contributed by atoms with E-state index in [4.69, 9.17) is 0 Å². The fraction of sp³-hybridized carbons (Fsp3) is 0.333. The van der Waals surface area contributed by atoms with Crippen molar-refractivity contribution >= 4 is 10.8 Å². The summed E-state index contributed by atoms with van der Waals surface area (Å²) in [5.74, 6) is 0. The van der Waals surface area contributed by atoms with Gasteiger partial charge in [0.15, 0.2) is 0 Å². The van der Waals surface area contributed by atoms with Gasteiger partial charge in [-0.1, -0.05) is 118 Å². The average molecular weight is 510 g/mol. The third-order valence-corrected chi connectivity index (χ3v) is 7.28. The summed E-state index contributed by atoms with van der Waals surface area (Å²) in [6, 6.07) is 16.7. The Kier molecular flexibility index (Phi) is 12.6. The largest absolute Gasteiger partial charge is 0.196 e. The van der Waals surface area contributed by atoms with Gasteiger partial charge in [0.1, 0.15) is 0 Å². The molecule has 0 aliphatic carbocycles. The van der Waals surface area contributed by atoms with Crippen LogP contribution >= 0.6 is 0 Å². The Morgan fingerprint density at radius 1 is 0.406 bits per heavy atom. The van der Waals surface area contributed by atoms with Gasteiger partial charge in [-0.25, -0.2) is 0 Å². The van der Waals surface area contributed by atoms with Crippen LogP contribution < -0.4 is 0 Å². The quantitative estimate of drug-likeness (QED) is 0.164. The normalized spacial score (nSPS) is 9.69. The fourth-order valence-corrected chi connectivity index (χ4v) is 3.95. The summed E-state index contributed by atoms with van der Waals surface area (Å²) in [6.45, 7) is 22.0. The molecule has 0 N–H and O–H groups in total. The van der Waals surface area contributed by atoms with E-state index >= 15 is 0 Å². The summed E-state index contributed by atoms with van der Waals surface area (Å²) in [6.07, 6.45) is 0. The van der Waals surface area contributed by atoms with Gasteiger partial charge in [0, 0.05) is 34.1 Å². The van der Waals surface area contributed by atoms with E-state index in [1.54, 1.807) is 0 Å². The molecular weight excluding hydrogens is 472 g/mol. The van der Waals surface area contributed by atoms with E-state index in [1.807, 2.05) is 0 Å². The molecule has 0 radical (unpaired) electrons. The van der Waals surface area contributed by atoms with Gasteiger partial charge in [-0.05, 0) is 10.8 Å². The van der Waals surface area contributed by atoms with E-state index in [-0.39, 0.29) is 34.1 Å². The van der Waals surface area contributed by atoms with Gasteiger partial charge in [-0.15, -0.1) is 0 Å². The van der Waals surface area contributed by atoms with E-state index in [0.29, 0.717) is 0 Å². The Bertz CT molecular complexity index is 857. The van der Waals surface area contributed by atoms with Crippen LogP contribution in [0.1, 0.15) is 55.6 Å². The summed E-state index contributed by atoms with van der Waals surface area (Å²) in [4.78, 5) is 0. The van der Waals surface area contributed by atoms with Crippen molar-refractivity contribution < 1.29 is 34.1 Å². The van der Waals surface area contributed by atoms with Crippen LogP contribution in [0, 0.1) is 69.2 Å². The zero-order valence-corrected chi connectivity index (χ0v) is 23.5. The molecule has 0 saturated heterocycles. The second-order valence-electron chi connectivity index (χ2n) is 8.60. The van der Waals surface area contributed by atoms with Crippen LogP contribution in [-0.4, -0.2) is 0 Å². The van der Waals surface area contributed by atoms with Gasteiger partial charge in [0.2, 0.25) is 0 Å². The molecule has 0 spiro atoms. The molecule has 0 nitrogen and oxygen atoms in total. The number of fused-ring (bicyclic) bond motifs is 1. The molecule has 4 aromatic rings. The van der Waals surface area contributed by atoms with Gasteiger partial charge in [-0.2, -0.15) is 55.6 Å². The Morgan fingerprint density at radius 3 is 0.719 bits per heavy atom. The first kappa shape index (κ1) is 30.4. The minimum absolute atomic E-state index is 0. The summed E-state index contributed by atoms with van der Waals surface area (Å²) >= 11 is 0. The van der Waals surface area contributed by atoms with Crippen LogP contribution in [0.4, 0.5) is 0 Å². The SMILES string of the molecule is Cc1c(C)c(C)[c-](C)c1C.Cc1c(C)c(C)[c-](C)c1C.[Fe].[Fe].c1ccc2ccccc2c1. The molecule has 0 amide bonds. The van der Waals surface area contributed by atoms with E-state index in [0.717, 1.165) is 0 Å². The maximum atomic E-state index is 2.20.